The lowest BCUT2D eigenvalue weighted by Crippen LogP contribution is -2.48. The van der Waals surface area contributed by atoms with Gasteiger partial charge in [0.2, 0.25) is 5.91 Å². The van der Waals surface area contributed by atoms with Crippen LogP contribution in [0.15, 0.2) is 42.6 Å². The van der Waals surface area contributed by atoms with E-state index in [9.17, 15) is 14.9 Å². The summed E-state index contributed by atoms with van der Waals surface area (Å²) in [5, 5.41) is 13.1. The molecule has 3 aromatic rings. The largest absolute Gasteiger partial charge is 0.490 e. The fourth-order valence-corrected chi connectivity index (χ4v) is 5.48. The molecule has 1 aliphatic rings. The summed E-state index contributed by atoms with van der Waals surface area (Å²) >= 11 is 0. The number of carbonyl (C=O) groups excluding carboxylic acids is 2. The first-order valence-corrected chi connectivity index (χ1v) is 14.1. The quantitative estimate of drug-likeness (QED) is 0.388. The second-order valence-electron chi connectivity index (χ2n) is 12.0. The Bertz CT molecular complexity index is 1460. The smallest absolute Gasteiger partial charge is 0.317 e. The molecule has 2 aromatic carbocycles. The fraction of sp³-hybridized carbons (Fsp3) is 0.438. The summed E-state index contributed by atoms with van der Waals surface area (Å²) in [6, 6.07) is 13.5. The Hall–Kier alpha value is -4.32. The maximum Gasteiger partial charge on any atom is 0.317 e. The topological polar surface area (TPSA) is 126 Å². The van der Waals surface area contributed by atoms with Crippen molar-refractivity contribution in [1.29, 1.82) is 5.26 Å². The van der Waals surface area contributed by atoms with Gasteiger partial charge >= 0.3 is 6.03 Å². The molecular formula is C32H40N6O3. The van der Waals surface area contributed by atoms with Crippen LogP contribution < -0.4 is 15.8 Å². The SMILES string of the molecule is CC(C)Oc1ccc(C(N)=O)c(C(Cc2ccc(-c3cn(C)c(C(C)(C)C)n3)cc2)CN2CCCNC2=O)c1C#N. The van der Waals surface area contributed by atoms with Crippen molar-refractivity contribution >= 4 is 11.9 Å². The van der Waals surface area contributed by atoms with Gasteiger partial charge in [-0.2, -0.15) is 5.26 Å². The van der Waals surface area contributed by atoms with E-state index < -0.39 is 5.91 Å². The molecule has 4 rings (SSSR count). The Balaban J connectivity index is 1.75. The highest BCUT2D eigenvalue weighted by Gasteiger charge is 2.30. The van der Waals surface area contributed by atoms with Gasteiger partial charge in [0.15, 0.2) is 0 Å². The van der Waals surface area contributed by atoms with Crippen LogP contribution >= 0.6 is 0 Å². The van der Waals surface area contributed by atoms with Gasteiger partial charge in [-0.25, -0.2) is 9.78 Å². The molecule has 1 aliphatic heterocycles. The highest BCUT2D eigenvalue weighted by Crippen LogP contribution is 2.35. The molecule has 41 heavy (non-hydrogen) atoms. The summed E-state index contributed by atoms with van der Waals surface area (Å²) in [6.07, 6.45) is 3.17. The van der Waals surface area contributed by atoms with Gasteiger partial charge < -0.3 is 25.3 Å². The van der Waals surface area contributed by atoms with Crippen molar-refractivity contribution in [1.82, 2.24) is 19.8 Å². The molecule has 1 saturated heterocycles. The number of urea groups is 1. The van der Waals surface area contributed by atoms with Crippen molar-refractivity contribution in [3.05, 3.63) is 70.7 Å². The summed E-state index contributed by atoms with van der Waals surface area (Å²) in [4.78, 5) is 31.9. The molecule has 9 nitrogen and oxygen atoms in total. The number of nitrogens with zero attached hydrogens (tertiary/aromatic N) is 4. The van der Waals surface area contributed by atoms with Crippen molar-refractivity contribution in [3.63, 3.8) is 0 Å². The Labute approximate surface area is 242 Å². The number of hydrogen-bond donors (Lipinski definition) is 2. The number of aryl methyl sites for hydroxylation is 1. The van der Waals surface area contributed by atoms with E-state index in [4.69, 9.17) is 15.5 Å². The standard InChI is InChI=1S/C32H40N6O3/c1-20(2)41-27-13-12-24(29(34)39)28(25(27)17-33)23(18-38-15-7-14-35-31(38)40)16-21-8-10-22(11-9-21)26-19-37(6)30(36-26)32(3,4)5/h8-13,19-20,23H,7,14-16,18H2,1-6H3,(H2,34,39)(H,35,40). The number of benzene rings is 2. The average Bonchev–Trinajstić information content (AvgIpc) is 3.31. The number of amides is 3. The second-order valence-corrected chi connectivity index (χ2v) is 12.0. The molecule has 3 N–H and O–H groups in total. The van der Waals surface area contributed by atoms with E-state index in [1.54, 1.807) is 17.0 Å². The summed E-state index contributed by atoms with van der Waals surface area (Å²) in [6.45, 7) is 11.7. The molecular weight excluding hydrogens is 516 g/mol. The molecule has 0 aliphatic carbocycles. The van der Waals surface area contributed by atoms with Crippen molar-refractivity contribution in [2.75, 3.05) is 19.6 Å². The molecule has 3 amide bonds. The van der Waals surface area contributed by atoms with Crippen molar-refractivity contribution in [2.24, 2.45) is 12.8 Å². The van der Waals surface area contributed by atoms with E-state index in [1.807, 2.05) is 51.4 Å². The molecule has 1 atom stereocenters. The number of rotatable bonds is 9. The molecule has 1 aromatic heterocycles. The lowest BCUT2D eigenvalue weighted by molar-refractivity contribution is 0.0998. The fourth-order valence-electron chi connectivity index (χ4n) is 5.48. The minimum Gasteiger partial charge on any atom is -0.490 e. The van der Waals surface area contributed by atoms with Gasteiger partial charge in [0.1, 0.15) is 17.6 Å². The second kappa shape index (κ2) is 12.0. The zero-order valence-electron chi connectivity index (χ0n) is 24.8. The Morgan fingerprint density at radius 1 is 1.20 bits per heavy atom. The van der Waals surface area contributed by atoms with Crippen LogP contribution in [0, 0.1) is 11.3 Å². The lowest BCUT2D eigenvalue weighted by Gasteiger charge is -2.32. The third-order valence-electron chi connectivity index (χ3n) is 7.24. The number of nitrogens with two attached hydrogens (primary N) is 1. The molecule has 1 fully saturated rings. The third-order valence-corrected chi connectivity index (χ3v) is 7.24. The van der Waals surface area contributed by atoms with Crippen LogP contribution in [0.25, 0.3) is 11.3 Å². The maximum absolute atomic E-state index is 12.7. The number of imidazole rings is 1. The molecule has 0 bridgehead atoms. The number of nitrogens with one attached hydrogen (secondary N) is 1. The minimum atomic E-state index is -0.624. The first kappa shape index (κ1) is 29.7. The Morgan fingerprint density at radius 3 is 2.46 bits per heavy atom. The lowest BCUT2D eigenvalue weighted by atomic mass is 9.84. The van der Waals surface area contributed by atoms with Gasteiger partial charge in [-0.3, -0.25) is 4.79 Å². The first-order chi connectivity index (χ1) is 19.4. The Kier molecular flexibility index (Phi) is 8.72. The number of ether oxygens (including phenoxy) is 1. The number of nitriles is 1. The molecule has 216 valence electrons. The van der Waals surface area contributed by atoms with Crippen LogP contribution in [0.3, 0.4) is 0 Å². The van der Waals surface area contributed by atoms with Crippen LogP contribution in [-0.2, 0) is 18.9 Å². The summed E-state index contributed by atoms with van der Waals surface area (Å²) < 4.78 is 8.01. The van der Waals surface area contributed by atoms with E-state index in [0.29, 0.717) is 37.4 Å². The predicted octanol–water partition coefficient (Wildman–Crippen LogP) is 4.88. The zero-order chi connectivity index (χ0) is 29.9. The number of hydrogen-bond acceptors (Lipinski definition) is 5. The monoisotopic (exact) mass is 556 g/mol. The zero-order valence-corrected chi connectivity index (χ0v) is 24.8. The predicted molar refractivity (Wildman–Crippen MR) is 159 cm³/mol. The summed E-state index contributed by atoms with van der Waals surface area (Å²) in [5.41, 5.74) is 9.68. The van der Waals surface area contributed by atoms with Gasteiger partial charge in [-0.1, -0.05) is 45.0 Å². The summed E-state index contributed by atoms with van der Waals surface area (Å²) in [5.74, 6) is 0.402. The van der Waals surface area contributed by atoms with Crippen LogP contribution in [0.5, 0.6) is 5.75 Å². The van der Waals surface area contributed by atoms with Crippen molar-refractivity contribution < 1.29 is 14.3 Å². The van der Waals surface area contributed by atoms with Crippen LogP contribution in [0.1, 0.15) is 79.8 Å². The molecule has 0 radical (unpaired) electrons. The highest BCUT2D eigenvalue weighted by atomic mass is 16.5. The van der Waals surface area contributed by atoms with Crippen molar-refractivity contribution in [3.8, 4) is 23.1 Å². The van der Waals surface area contributed by atoms with E-state index in [1.165, 1.54) is 0 Å². The normalized spacial score (nSPS) is 14.5. The molecule has 0 spiro atoms. The van der Waals surface area contributed by atoms with Crippen molar-refractivity contribution in [2.45, 2.75) is 64.9 Å². The van der Waals surface area contributed by atoms with Crippen LogP contribution in [0.2, 0.25) is 0 Å². The Morgan fingerprint density at radius 2 is 1.90 bits per heavy atom. The number of primary amides is 1. The molecule has 1 unspecified atom stereocenters. The number of carbonyl (C=O) groups is 2. The van der Waals surface area contributed by atoms with E-state index in [2.05, 4.69) is 36.7 Å². The van der Waals surface area contributed by atoms with Gasteiger partial charge in [0.25, 0.3) is 0 Å². The molecule has 2 heterocycles. The van der Waals surface area contributed by atoms with Crippen LogP contribution in [0.4, 0.5) is 4.79 Å². The van der Waals surface area contributed by atoms with Crippen LogP contribution in [-0.4, -0.2) is 52.1 Å². The first-order valence-electron chi connectivity index (χ1n) is 14.1. The highest BCUT2D eigenvalue weighted by molar-refractivity contribution is 5.95. The van der Waals surface area contributed by atoms with Gasteiger partial charge in [0.05, 0.1) is 17.4 Å². The molecule has 9 heteroatoms. The average molecular weight is 557 g/mol. The van der Waals surface area contributed by atoms with E-state index in [0.717, 1.165) is 29.1 Å². The van der Waals surface area contributed by atoms with E-state index >= 15 is 0 Å². The van der Waals surface area contributed by atoms with E-state index in [-0.39, 0.29) is 34.6 Å². The van der Waals surface area contributed by atoms with Gasteiger partial charge in [-0.15, -0.1) is 0 Å². The molecule has 0 saturated carbocycles. The van der Waals surface area contributed by atoms with Gasteiger partial charge in [0, 0.05) is 55.3 Å². The van der Waals surface area contributed by atoms with Gasteiger partial charge in [-0.05, 0) is 49.9 Å². The number of aromatic nitrogens is 2. The minimum absolute atomic E-state index is 0.0781. The maximum atomic E-state index is 12.7. The third kappa shape index (κ3) is 6.71. The summed E-state index contributed by atoms with van der Waals surface area (Å²) in [7, 11) is 2.01.